The lowest BCUT2D eigenvalue weighted by Gasteiger charge is -2.30. The summed E-state index contributed by atoms with van der Waals surface area (Å²) in [6.45, 7) is 11.3. The number of benzene rings is 1. The SMILES string of the molecule is CNC(CCc1cc(C)cc(C)c1)C(C)(C)C. The topological polar surface area (TPSA) is 12.0 Å². The molecule has 0 aliphatic carbocycles. The quantitative estimate of drug-likeness (QED) is 0.832. The monoisotopic (exact) mass is 233 g/mol. The van der Waals surface area contributed by atoms with E-state index in [4.69, 9.17) is 0 Å². The molecule has 17 heavy (non-hydrogen) atoms. The summed E-state index contributed by atoms with van der Waals surface area (Å²) in [5.41, 5.74) is 4.54. The Bertz CT molecular complexity index is 340. The molecule has 0 spiro atoms. The molecule has 0 aliphatic rings. The summed E-state index contributed by atoms with van der Waals surface area (Å²) < 4.78 is 0. The molecule has 1 nitrogen and oxygen atoms in total. The molecule has 0 heterocycles. The van der Waals surface area contributed by atoms with Gasteiger partial charge in [0.2, 0.25) is 0 Å². The minimum Gasteiger partial charge on any atom is -0.316 e. The van der Waals surface area contributed by atoms with Crippen molar-refractivity contribution in [3.63, 3.8) is 0 Å². The minimum absolute atomic E-state index is 0.327. The van der Waals surface area contributed by atoms with E-state index in [1.165, 1.54) is 23.1 Å². The van der Waals surface area contributed by atoms with Crippen molar-refractivity contribution in [1.29, 1.82) is 0 Å². The van der Waals surface area contributed by atoms with Gasteiger partial charge in [0.1, 0.15) is 0 Å². The van der Waals surface area contributed by atoms with E-state index in [0.29, 0.717) is 11.5 Å². The zero-order chi connectivity index (χ0) is 13.1. The van der Waals surface area contributed by atoms with Crippen LogP contribution in [-0.2, 0) is 6.42 Å². The van der Waals surface area contributed by atoms with Crippen LogP contribution in [0.15, 0.2) is 18.2 Å². The fourth-order valence-corrected chi connectivity index (χ4v) is 2.53. The normalized spacial score (nSPS) is 13.8. The molecule has 0 aliphatic heterocycles. The van der Waals surface area contributed by atoms with Gasteiger partial charge in [-0.1, -0.05) is 50.1 Å². The molecule has 96 valence electrons. The van der Waals surface area contributed by atoms with Crippen LogP contribution in [0.4, 0.5) is 0 Å². The summed E-state index contributed by atoms with van der Waals surface area (Å²) in [6.07, 6.45) is 2.36. The maximum Gasteiger partial charge on any atom is 0.0116 e. The Balaban J connectivity index is 2.66. The lowest BCUT2D eigenvalue weighted by molar-refractivity contribution is 0.268. The summed E-state index contributed by atoms with van der Waals surface area (Å²) in [5, 5.41) is 3.44. The summed E-state index contributed by atoms with van der Waals surface area (Å²) in [4.78, 5) is 0. The predicted molar refractivity (Wildman–Crippen MR) is 76.5 cm³/mol. The Kier molecular flexibility index (Phi) is 4.76. The molecule has 0 saturated heterocycles. The van der Waals surface area contributed by atoms with E-state index in [0.717, 1.165) is 6.42 Å². The summed E-state index contributed by atoms with van der Waals surface area (Å²) in [6, 6.07) is 7.43. The van der Waals surface area contributed by atoms with Crippen LogP contribution >= 0.6 is 0 Å². The van der Waals surface area contributed by atoms with E-state index in [1.54, 1.807) is 0 Å². The zero-order valence-corrected chi connectivity index (χ0v) is 12.2. The van der Waals surface area contributed by atoms with E-state index < -0.39 is 0 Å². The second-order valence-corrected chi connectivity index (χ2v) is 6.24. The number of hydrogen-bond donors (Lipinski definition) is 1. The average molecular weight is 233 g/mol. The van der Waals surface area contributed by atoms with Gasteiger partial charge in [0.05, 0.1) is 0 Å². The molecule has 0 saturated carbocycles. The standard InChI is InChI=1S/C16H27N/c1-12-9-13(2)11-14(10-12)7-8-15(17-6)16(3,4)5/h9-11,15,17H,7-8H2,1-6H3. The largest absolute Gasteiger partial charge is 0.316 e. The van der Waals surface area contributed by atoms with Crippen molar-refractivity contribution >= 4 is 0 Å². The van der Waals surface area contributed by atoms with Gasteiger partial charge in [0.15, 0.2) is 0 Å². The molecular formula is C16H27N. The molecule has 0 radical (unpaired) electrons. The smallest absolute Gasteiger partial charge is 0.0116 e. The van der Waals surface area contributed by atoms with Crippen molar-refractivity contribution < 1.29 is 0 Å². The van der Waals surface area contributed by atoms with Gasteiger partial charge in [-0.05, 0) is 44.7 Å². The van der Waals surface area contributed by atoms with E-state index in [9.17, 15) is 0 Å². The van der Waals surface area contributed by atoms with E-state index in [1.807, 2.05) is 0 Å². The summed E-state index contributed by atoms with van der Waals surface area (Å²) in [5.74, 6) is 0. The Morgan fingerprint density at radius 3 is 2.00 bits per heavy atom. The van der Waals surface area contributed by atoms with E-state index in [-0.39, 0.29) is 0 Å². The highest BCUT2D eigenvalue weighted by Crippen LogP contribution is 2.23. The van der Waals surface area contributed by atoms with Crippen molar-refractivity contribution in [2.24, 2.45) is 5.41 Å². The van der Waals surface area contributed by atoms with Crippen molar-refractivity contribution in [3.8, 4) is 0 Å². The van der Waals surface area contributed by atoms with Gasteiger partial charge in [0.25, 0.3) is 0 Å². The fraction of sp³-hybridized carbons (Fsp3) is 0.625. The van der Waals surface area contributed by atoms with Gasteiger partial charge in [-0.3, -0.25) is 0 Å². The third-order valence-electron chi connectivity index (χ3n) is 3.40. The molecule has 1 unspecified atom stereocenters. The second-order valence-electron chi connectivity index (χ2n) is 6.24. The Morgan fingerprint density at radius 2 is 1.59 bits per heavy atom. The maximum absolute atomic E-state index is 3.44. The highest BCUT2D eigenvalue weighted by molar-refractivity contribution is 5.28. The van der Waals surface area contributed by atoms with Gasteiger partial charge in [-0.25, -0.2) is 0 Å². The maximum atomic E-state index is 3.44. The van der Waals surface area contributed by atoms with Gasteiger partial charge in [-0.2, -0.15) is 0 Å². The molecule has 0 bridgehead atoms. The Hall–Kier alpha value is -0.820. The number of aryl methyl sites for hydroxylation is 3. The molecule has 0 amide bonds. The van der Waals surface area contributed by atoms with Crippen LogP contribution in [0.25, 0.3) is 0 Å². The summed E-state index contributed by atoms with van der Waals surface area (Å²) in [7, 11) is 2.07. The first-order valence-corrected chi connectivity index (χ1v) is 6.57. The predicted octanol–water partition coefficient (Wildman–Crippen LogP) is 3.87. The van der Waals surface area contributed by atoms with Crippen LogP contribution in [0.1, 0.15) is 43.9 Å². The van der Waals surface area contributed by atoms with Gasteiger partial charge >= 0.3 is 0 Å². The number of rotatable bonds is 4. The lowest BCUT2D eigenvalue weighted by atomic mass is 9.83. The first-order valence-electron chi connectivity index (χ1n) is 6.57. The van der Waals surface area contributed by atoms with Crippen LogP contribution < -0.4 is 5.32 Å². The number of hydrogen-bond acceptors (Lipinski definition) is 1. The first kappa shape index (κ1) is 14.2. The molecule has 1 rings (SSSR count). The lowest BCUT2D eigenvalue weighted by Crippen LogP contribution is -2.38. The molecule has 0 fully saturated rings. The van der Waals surface area contributed by atoms with Gasteiger partial charge in [0, 0.05) is 6.04 Å². The molecule has 1 N–H and O–H groups in total. The van der Waals surface area contributed by atoms with Crippen molar-refractivity contribution in [2.45, 2.75) is 53.5 Å². The van der Waals surface area contributed by atoms with Crippen LogP contribution in [0.5, 0.6) is 0 Å². The van der Waals surface area contributed by atoms with Crippen molar-refractivity contribution in [3.05, 3.63) is 34.9 Å². The van der Waals surface area contributed by atoms with E-state index >= 15 is 0 Å². The molecule has 1 aromatic carbocycles. The Morgan fingerprint density at radius 1 is 1.06 bits per heavy atom. The van der Waals surface area contributed by atoms with Gasteiger partial charge < -0.3 is 5.32 Å². The molecule has 1 heteroatoms. The first-order chi connectivity index (χ1) is 7.82. The Labute approximate surface area is 107 Å². The van der Waals surface area contributed by atoms with Gasteiger partial charge in [-0.15, -0.1) is 0 Å². The van der Waals surface area contributed by atoms with E-state index in [2.05, 4.69) is 65.2 Å². The number of nitrogens with one attached hydrogen (secondary N) is 1. The van der Waals surface area contributed by atoms with Crippen LogP contribution in [0.2, 0.25) is 0 Å². The average Bonchev–Trinajstić information content (AvgIpc) is 2.14. The zero-order valence-electron chi connectivity index (χ0n) is 12.2. The minimum atomic E-state index is 0.327. The molecular weight excluding hydrogens is 206 g/mol. The van der Waals surface area contributed by atoms with Crippen molar-refractivity contribution in [2.75, 3.05) is 7.05 Å². The molecule has 1 atom stereocenters. The molecule has 1 aromatic rings. The second kappa shape index (κ2) is 5.68. The third kappa shape index (κ3) is 4.51. The fourth-order valence-electron chi connectivity index (χ4n) is 2.53. The van der Waals surface area contributed by atoms with Crippen LogP contribution in [0.3, 0.4) is 0 Å². The third-order valence-corrected chi connectivity index (χ3v) is 3.40. The van der Waals surface area contributed by atoms with Crippen LogP contribution in [0, 0.1) is 19.3 Å². The highest BCUT2D eigenvalue weighted by atomic mass is 14.9. The van der Waals surface area contributed by atoms with Crippen molar-refractivity contribution in [1.82, 2.24) is 5.32 Å². The molecule has 0 aromatic heterocycles. The van der Waals surface area contributed by atoms with Crippen LogP contribution in [-0.4, -0.2) is 13.1 Å². The summed E-state index contributed by atoms with van der Waals surface area (Å²) >= 11 is 0. The highest BCUT2D eigenvalue weighted by Gasteiger charge is 2.22.